The molecule has 5 aromatic carbocycles. The Bertz CT molecular complexity index is 2290. The fraction of sp³-hybridized carbons (Fsp3) is 0.279. The number of halogens is 1. The molecule has 0 aromatic heterocycles. The Kier molecular flexibility index (Phi) is 9.34. The Morgan fingerprint density at radius 2 is 1.63 bits per heavy atom. The van der Waals surface area contributed by atoms with Crippen LogP contribution < -0.4 is 9.80 Å². The van der Waals surface area contributed by atoms with E-state index in [1.807, 2.05) is 129 Å². The minimum atomic E-state index is -3.04. The lowest BCUT2D eigenvalue weighted by molar-refractivity contribution is -0.150. The van der Waals surface area contributed by atoms with Gasteiger partial charge >= 0.3 is 0 Å². The number of amides is 3. The number of aliphatic hydroxyl groups is 1. The number of hydrogen-bond acceptors (Lipinski definition) is 6. The third-order valence-electron chi connectivity index (χ3n) is 11.3. The lowest BCUT2D eigenvalue weighted by Gasteiger charge is -2.32. The van der Waals surface area contributed by atoms with Gasteiger partial charge in [-0.1, -0.05) is 89.6 Å². The van der Waals surface area contributed by atoms with Gasteiger partial charge in [-0.15, -0.1) is 0 Å². The topological polar surface area (TPSA) is 111 Å². The molecule has 1 fully saturated rings. The minimum absolute atomic E-state index is 0.0434. The van der Waals surface area contributed by atoms with Crippen molar-refractivity contribution in [2.24, 2.45) is 5.92 Å². The van der Waals surface area contributed by atoms with E-state index in [2.05, 4.69) is 15.9 Å². The SMILES string of the molecule is C[C@@H]1[C@@H]([Si](C)(C)O)[C@H](CC(=O)N(CCO)Cc2ccccc2)O[C@@]12C(=O)N(Cc1cccc(N3C(=O)c4cccc5cccc3c45)c1)c1ccc(Br)cc12. The van der Waals surface area contributed by atoms with Crippen LogP contribution in [0.1, 0.15) is 40.4 Å². The second kappa shape index (κ2) is 13.9. The molecule has 3 heterocycles. The second-order valence-electron chi connectivity index (χ2n) is 15.1. The zero-order valence-electron chi connectivity index (χ0n) is 30.4. The number of ether oxygens (including phenoxy) is 1. The first kappa shape index (κ1) is 36.3. The maximum Gasteiger partial charge on any atom is 0.264 e. The third kappa shape index (κ3) is 5.99. The highest BCUT2D eigenvalue weighted by atomic mass is 79.9. The van der Waals surface area contributed by atoms with Crippen LogP contribution in [0.3, 0.4) is 0 Å². The number of rotatable bonds is 10. The Morgan fingerprint density at radius 1 is 0.907 bits per heavy atom. The number of aliphatic hydroxyl groups excluding tert-OH is 1. The Morgan fingerprint density at radius 3 is 2.37 bits per heavy atom. The molecule has 276 valence electrons. The van der Waals surface area contributed by atoms with Crippen molar-refractivity contribution in [2.45, 2.75) is 56.8 Å². The molecule has 11 heteroatoms. The summed E-state index contributed by atoms with van der Waals surface area (Å²) in [5.41, 5.74) is 3.46. The van der Waals surface area contributed by atoms with Crippen LogP contribution in [0.2, 0.25) is 18.6 Å². The average molecular weight is 805 g/mol. The van der Waals surface area contributed by atoms with Crippen molar-refractivity contribution >= 4 is 69.8 Å². The maximum atomic E-state index is 15.1. The van der Waals surface area contributed by atoms with Gasteiger partial charge in [-0.2, -0.15) is 0 Å². The summed E-state index contributed by atoms with van der Waals surface area (Å²) in [7, 11) is -3.04. The van der Waals surface area contributed by atoms with E-state index >= 15 is 4.79 Å². The molecule has 0 unspecified atom stereocenters. The van der Waals surface area contributed by atoms with Crippen molar-refractivity contribution in [1.82, 2.24) is 4.90 Å². The van der Waals surface area contributed by atoms with Crippen LogP contribution in [0.4, 0.5) is 17.1 Å². The van der Waals surface area contributed by atoms with Gasteiger partial charge in [0.05, 0.1) is 42.6 Å². The van der Waals surface area contributed by atoms with Crippen molar-refractivity contribution in [1.29, 1.82) is 0 Å². The minimum Gasteiger partial charge on any atom is -0.432 e. The molecule has 3 aliphatic heterocycles. The van der Waals surface area contributed by atoms with E-state index in [0.29, 0.717) is 29.0 Å². The van der Waals surface area contributed by atoms with Crippen molar-refractivity contribution in [3.63, 3.8) is 0 Å². The van der Waals surface area contributed by atoms with E-state index in [4.69, 9.17) is 4.74 Å². The van der Waals surface area contributed by atoms with Crippen LogP contribution >= 0.6 is 15.9 Å². The van der Waals surface area contributed by atoms with E-state index in [0.717, 1.165) is 32.1 Å². The van der Waals surface area contributed by atoms with Gasteiger partial charge in [0, 0.05) is 45.7 Å². The highest BCUT2D eigenvalue weighted by Crippen LogP contribution is 2.60. The summed E-state index contributed by atoms with van der Waals surface area (Å²) >= 11 is 3.63. The molecule has 3 aliphatic rings. The van der Waals surface area contributed by atoms with E-state index in [1.54, 1.807) is 14.7 Å². The molecule has 2 N–H and O–H groups in total. The zero-order chi connectivity index (χ0) is 37.9. The summed E-state index contributed by atoms with van der Waals surface area (Å²) in [6.07, 6.45) is -0.779. The molecule has 0 aliphatic carbocycles. The van der Waals surface area contributed by atoms with Gasteiger partial charge in [0.15, 0.2) is 13.9 Å². The van der Waals surface area contributed by atoms with Gasteiger partial charge in [-0.3, -0.25) is 19.3 Å². The van der Waals surface area contributed by atoms with Crippen molar-refractivity contribution in [3.8, 4) is 0 Å². The summed E-state index contributed by atoms with van der Waals surface area (Å²) in [6.45, 7) is 6.13. The molecule has 9 nitrogen and oxygen atoms in total. The summed E-state index contributed by atoms with van der Waals surface area (Å²) in [4.78, 5) is 59.7. The molecule has 0 bridgehead atoms. The molecule has 1 saturated heterocycles. The summed E-state index contributed by atoms with van der Waals surface area (Å²) in [5.74, 6) is -1.02. The average Bonchev–Trinajstić information content (AvgIpc) is 3.70. The van der Waals surface area contributed by atoms with Crippen LogP contribution in [-0.2, 0) is 33.0 Å². The molecule has 0 radical (unpaired) electrons. The van der Waals surface area contributed by atoms with Gasteiger partial charge in [0.25, 0.3) is 11.8 Å². The summed E-state index contributed by atoms with van der Waals surface area (Å²) in [6, 6.07) is 34.7. The molecular weight excluding hydrogens is 762 g/mol. The maximum absolute atomic E-state index is 15.1. The fourth-order valence-electron chi connectivity index (χ4n) is 9.07. The standard InChI is InChI=1S/C43H42BrN3O6Si/c1-27-40(54(2,3)52)37(24-38(49)45(20-21-48)25-28-10-5-4-6-11-28)53-43(27)34-23-31(44)18-19-35(34)46(42(43)51)26-29-12-7-15-32(22-29)47-36-17-9-14-30-13-8-16-33(39(30)36)41(47)50/h4-19,22-23,27,37,40,48,52H,20-21,24-26H2,1-3H3/t27-,37+,40-,43+/m1/s1. The van der Waals surface area contributed by atoms with Crippen LogP contribution in [0, 0.1) is 5.92 Å². The number of carbonyl (C=O) groups excluding carboxylic acids is 3. The molecule has 8 rings (SSSR count). The van der Waals surface area contributed by atoms with Crippen LogP contribution in [0.15, 0.2) is 114 Å². The largest absolute Gasteiger partial charge is 0.432 e. The Hall–Kier alpha value is -4.65. The first-order chi connectivity index (χ1) is 25.9. The second-order valence-corrected chi connectivity index (χ2v) is 20.0. The molecule has 0 saturated carbocycles. The Labute approximate surface area is 324 Å². The molecule has 3 amide bonds. The van der Waals surface area contributed by atoms with E-state index < -0.39 is 31.5 Å². The predicted molar refractivity (Wildman–Crippen MR) is 215 cm³/mol. The fourth-order valence-corrected chi connectivity index (χ4v) is 12.0. The number of carbonyl (C=O) groups is 3. The highest BCUT2D eigenvalue weighted by Gasteiger charge is 2.66. The van der Waals surface area contributed by atoms with Gasteiger partial charge in [-0.05, 0) is 72.1 Å². The Balaban J connectivity index is 1.12. The van der Waals surface area contributed by atoms with Crippen molar-refractivity contribution in [2.75, 3.05) is 23.0 Å². The lowest BCUT2D eigenvalue weighted by Crippen LogP contribution is -2.46. The van der Waals surface area contributed by atoms with Crippen LogP contribution in [0.25, 0.3) is 10.8 Å². The number of hydrogen-bond donors (Lipinski definition) is 2. The number of benzene rings is 5. The van der Waals surface area contributed by atoms with Gasteiger partial charge in [0.1, 0.15) is 0 Å². The van der Waals surface area contributed by atoms with Crippen LogP contribution in [0.5, 0.6) is 0 Å². The normalized spacial score (nSPS) is 21.8. The molecule has 4 atom stereocenters. The van der Waals surface area contributed by atoms with Crippen molar-refractivity contribution in [3.05, 3.63) is 136 Å². The van der Waals surface area contributed by atoms with Gasteiger partial charge < -0.3 is 24.4 Å². The van der Waals surface area contributed by atoms with Gasteiger partial charge in [0.2, 0.25) is 5.91 Å². The number of anilines is 3. The van der Waals surface area contributed by atoms with Gasteiger partial charge in [-0.25, -0.2) is 0 Å². The third-order valence-corrected chi connectivity index (χ3v) is 14.3. The van der Waals surface area contributed by atoms with E-state index in [1.165, 1.54) is 0 Å². The van der Waals surface area contributed by atoms with E-state index in [9.17, 15) is 19.5 Å². The quantitative estimate of drug-likeness (QED) is 0.141. The van der Waals surface area contributed by atoms with E-state index in [-0.39, 0.29) is 43.8 Å². The monoisotopic (exact) mass is 803 g/mol. The number of nitrogens with zero attached hydrogens (tertiary/aromatic N) is 3. The zero-order valence-corrected chi connectivity index (χ0v) is 33.0. The summed E-state index contributed by atoms with van der Waals surface area (Å²) in [5, 5.41) is 11.8. The lowest BCUT2D eigenvalue weighted by atomic mass is 9.82. The highest BCUT2D eigenvalue weighted by molar-refractivity contribution is 9.10. The molecule has 54 heavy (non-hydrogen) atoms. The number of fused-ring (bicyclic) bond motifs is 2. The molecular formula is C43H42BrN3O6Si. The molecule has 5 aromatic rings. The predicted octanol–water partition coefficient (Wildman–Crippen LogP) is 7.65. The first-order valence-corrected chi connectivity index (χ1v) is 22.1. The molecule has 1 spiro atoms. The van der Waals surface area contributed by atoms with Crippen molar-refractivity contribution < 1.29 is 29.0 Å². The first-order valence-electron chi connectivity index (χ1n) is 18.3. The smallest absolute Gasteiger partial charge is 0.264 e. The summed E-state index contributed by atoms with van der Waals surface area (Å²) < 4.78 is 7.74. The van der Waals surface area contributed by atoms with Crippen LogP contribution in [-0.4, -0.2) is 60.1 Å².